The Bertz CT molecular complexity index is 659. The van der Waals surface area contributed by atoms with Gasteiger partial charge in [-0.15, -0.1) is 0 Å². The molecule has 29 heavy (non-hydrogen) atoms. The summed E-state index contributed by atoms with van der Waals surface area (Å²) in [4.78, 5) is 22.0. The zero-order valence-electron chi connectivity index (χ0n) is 17.8. The molecule has 1 N–H and O–H groups in total. The molecule has 1 aromatic carbocycles. The van der Waals surface area contributed by atoms with Crippen molar-refractivity contribution >= 4 is 12.3 Å². The number of ether oxygens (including phenoxy) is 2. The largest absolute Gasteiger partial charge is 0.487 e. The van der Waals surface area contributed by atoms with Gasteiger partial charge in [0.15, 0.2) is 17.9 Å². The molecule has 1 atom stereocenters. The van der Waals surface area contributed by atoms with E-state index in [9.17, 15) is 14.0 Å². The van der Waals surface area contributed by atoms with Crippen molar-refractivity contribution in [3.8, 4) is 5.75 Å². The van der Waals surface area contributed by atoms with Crippen molar-refractivity contribution in [3.63, 3.8) is 0 Å². The molecule has 1 aromatic rings. The Morgan fingerprint density at radius 3 is 2.52 bits per heavy atom. The summed E-state index contributed by atoms with van der Waals surface area (Å²) in [6.07, 6.45) is 7.73. The number of piperidine rings is 1. The Balaban J connectivity index is 0.000000208. The first kappa shape index (κ1) is 23.3. The molecular formula is C23H34FNO4. The van der Waals surface area contributed by atoms with Gasteiger partial charge in [-0.1, -0.05) is 6.07 Å². The van der Waals surface area contributed by atoms with Gasteiger partial charge in [-0.2, -0.15) is 0 Å². The van der Waals surface area contributed by atoms with Gasteiger partial charge in [0.1, 0.15) is 5.60 Å². The van der Waals surface area contributed by atoms with Crippen LogP contribution in [-0.4, -0.2) is 37.0 Å². The highest BCUT2D eigenvalue weighted by molar-refractivity contribution is 5.76. The average Bonchev–Trinajstić information content (AvgIpc) is 3.16. The highest BCUT2D eigenvalue weighted by Gasteiger charge is 2.21. The summed E-state index contributed by atoms with van der Waals surface area (Å²) in [6.45, 7) is 7.77. The van der Waals surface area contributed by atoms with Gasteiger partial charge in [-0.25, -0.2) is 4.39 Å². The predicted octanol–water partition coefficient (Wildman–Crippen LogP) is 4.68. The molecule has 1 aliphatic heterocycles. The zero-order valence-corrected chi connectivity index (χ0v) is 17.8. The Kier molecular flexibility index (Phi) is 9.08. The highest BCUT2D eigenvalue weighted by atomic mass is 19.1. The van der Waals surface area contributed by atoms with Gasteiger partial charge < -0.3 is 14.8 Å². The molecule has 1 heterocycles. The topological polar surface area (TPSA) is 64.6 Å². The van der Waals surface area contributed by atoms with Crippen molar-refractivity contribution < 1.29 is 23.5 Å². The molecule has 0 aromatic heterocycles. The number of carbonyl (C=O) groups is 2. The summed E-state index contributed by atoms with van der Waals surface area (Å²) in [7, 11) is 0. The van der Waals surface area contributed by atoms with E-state index in [0.29, 0.717) is 18.6 Å². The summed E-state index contributed by atoms with van der Waals surface area (Å²) < 4.78 is 24.4. The molecule has 0 unspecified atom stereocenters. The van der Waals surface area contributed by atoms with Crippen molar-refractivity contribution in [2.24, 2.45) is 5.92 Å². The minimum atomic E-state index is -0.542. The van der Waals surface area contributed by atoms with Crippen LogP contribution in [0.3, 0.4) is 0 Å². The lowest BCUT2D eigenvalue weighted by molar-refractivity contribution is -0.156. The molecule has 1 saturated carbocycles. The van der Waals surface area contributed by atoms with E-state index in [0.717, 1.165) is 45.2 Å². The van der Waals surface area contributed by atoms with Crippen LogP contribution < -0.4 is 10.1 Å². The molecule has 0 radical (unpaired) electrons. The van der Waals surface area contributed by atoms with E-state index in [1.54, 1.807) is 12.1 Å². The van der Waals surface area contributed by atoms with Crippen LogP contribution in [0.5, 0.6) is 5.75 Å². The summed E-state index contributed by atoms with van der Waals surface area (Å²) in [6, 6.07) is 4.65. The van der Waals surface area contributed by atoms with Crippen molar-refractivity contribution in [2.45, 2.75) is 77.4 Å². The van der Waals surface area contributed by atoms with Crippen molar-refractivity contribution in [3.05, 3.63) is 29.6 Å². The Hall–Kier alpha value is -1.95. The fourth-order valence-electron chi connectivity index (χ4n) is 3.61. The van der Waals surface area contributed by atoms with E-state index < -0.39 is 5.82 Å². The second kappa shape index (κ2) is 11.3. The highest BCUT2D eigenvalue weighted by Crippen LogP contribution is 2.26. The number of hydrogen-bond acceptors (Lipinski definition) is 5. The van der Waals surface area contributed by atoms with Crippen LogP contribution in [0.15, 0.2) is 18.2 Å². The second-order valence-electron chi connectivity index (χ2n) is 8.80. The number of aldehydes is 1. The molecule has 2 fully saturated rings. The lowest BCUT2D eigenvalue weighted by atomic mass is 9.96. The number of rotatable bonds is 5. The maximum absolute atomic E-state index is 13.6. The van der Waals surface area contributed by atoms with E-state index in [-0.39, 0.29) is 29.0 Å². The number of halogens is 1. The quantitative estimate of drug-likeness (QED) is 0.567. The van der Waals surface area contributed by atoms with Gasteiger partial charge in [0.25, 0.3) is 0 Å². The molecule has 3 rings (SSSR count). The summed E-state index contributed by atoms with van der Waals surface area (Å²) >= 11 is 0. The third-order valence-electron chi connectivity index (χ3n) is 4.99. The fraction of sp³-hybridized carbons (Fsp3) is 0.652. The van der Waals surface area contributed by atoms with Crippen LogP contribution in [-0.2, 0) is 9.53 Å². The summed E-state index contributed by atoms with van der Waals surface area (Å²) in [5.41, 5.74) is -0.287. The predicted molar refractivity (Wildman–Crippen MR) is 111 cm³/mol. The molecular weight excluding hydrogens is 373 g/mol. The maximum atomic E-state index is 13.6. The normalized spacial score (nSPS) is 19.8. The van der Waals surface area contributed by atoms with Crippen LogP contribution in [0.2, 0.25) is 0 Å². The van der Waals surface area contributed by atoms with E-state index in [4.69, 9.17) is 9.47 Å². The first-order valence-electron chi connectivity index (χ1n) is 10.6. The van der Waals surface area contributed by atoms with Crippen LogP contribution in [0.25, 0.3) is 0 Å². The Morgan fingerprint density at radius 2 is 1.93 bits per heavy atom. The zero-order chi connectivity index (χ0) is 21.3. The van der Waals surface area contributed by atoms with Gasteiger partial charge in [-0.3, -0.25) is 9.59 Å². The van der Waals surface area contributed by atoms with Crippen LogP contribution in [0.1, 0.15) is 76.1 Å². The smallest absolute Gasteiger partial charge is 0.306 e. The van der Waals surface area contributed by atoms with Gasteiger partial charge >= 0.3 is 5.97 Å². The first-order chi connectivity index (χ1) is 13.8. The van der Waals surface area contributed by atoms with E-state index in [2.05, 4.69) is 5.32 Å². The molecule has 162 valence electrons. The fourth-order valence-corrected chi connectivity index (χ4v) is 3.61. The number of benzene rings is 1. The van der Waals surface area contributed by atoms with Crippen molar-refractivity contribution in [2.75, 3.05) is 13.1 Å². The van der Waals surface area contributed by atoms with E-state index in [1.165, 1.54) is 12.5 Å². The van der Waals surface area contributed by atoms with Crippen LogP contribution >= 0.6 is 0 Å². The first-order valence-corrected chi connectivity index (χ1v) is 10.6. The lowest BCUT2D eigenvalue weighted by Crippen LogP contribution is -2.33. The number of hydrogen-bond donors (Lipinski definition) is 1. The van der Waals surface area contributed by atoms with E-state index >= 15 is 0 Å². The van der Waals surface area contributed by atoms with Gasteiger partial charge in [-0.05, 0) is 90.4 Å². The average molecular weight is 408 g/mol. The molecule has 1 aliphatic carbocycles. The molecule has 2 aliphatic rings. The monoisotopic (exact) mass is 407 g/mol. The van der Waals surface area contributed by atoms with E-state index in [1.807, 2.05) is 20.8 Å². The third kappa shape index (κ3) is 8.52. The van der Waals surface area contributed by atoms with Crippen LogP contribution in [0, 0.1) is 11.7 Å². The Morgan fingerprint density at radius 1 is 1.21 bits per heavy atom. The number of nitrogens with one attached hydrogen (secondary N) is 1. The second-order valence-corrected chi connectivity index (χ2v) is 8.80. The minimum absolute atomic E-state index is 0.0606. The lowest BCUT2D eigenvalue weighted by Gasteiger charge is -2.24. The van der Waals surface area contributed by atoms with Crippen LogP contribution in [0.4, 0.5) is 4.39 Å². The number of carbonyl (C=O) groups excluding carboxylic acids is 2. The molecule has 5 nitrogen and oxygen atoms in total. The Labute approximate surface area is 173 Å². The van der Waals surface area contributed by atoms with Gasteiger partial charge in [0.05, 0.1) is 11.7 Å². The molecule has 0 spiro atoms. The summed E-state index contributed by atoms with van der Waals surface area (Å²) in [5.74, 6) is 0.0655. The molecule has 0 bridgehead atoms. The number of esters is 1. The summed E-state index contributed by atoms with van der Waals surface area (Å²) in [5, 5.41) is 3.30. The standard InChI is InChI=1S/C12H13FO2.C11H21NO2/c13-12-9(8-14)4-3-7-11(12)15-10-5-1-2-6-10;1-11(2,3)14-10(13)7-9-5-4-6-12-8-9/h3-4,7-8,10H,1-2,5-6H2;9,12H,4-8H2,1-3H3/t;9-/m.0/s1. The third-order valence-corrected chi connectivity index (χ3v) is 4.99. The van der Waals surface area contributed by atoms with Gasteiger partial charge in [0, 0.05) is 6.42 Å². The van der Waals surface area contributed by atoms with Crippen molar-refractivity contribution in [1.82, 2.24) is 5.32 Å². The SMILES string of the molecule is CC(C)(C)OC(=O)C[C@@H]1CCCNC1.O=Cc1cccc(OC2CCCC2)c1F. The molecule has 1 saturated heterocycles. The van der Waals surface area contributed by atoms with Crippen molar-refractivity contribution in [1.29, 1.82) is 0 Å². The molecule has 0 amide bonds. The maximum Gasteiger partial charge on any atom is 0.306 e. The minimum Gasteiger partial charge on any atom is -0.487 e. The molecule has 6 heteroatoms. The van der Waals surface area contributed by atoms with Gasteiger partial charge in [0.2, 0.25) is 0 Å².